The molecule has 1 fully saturated rings. The molecule has 3 heterocycles. The molecular formula is C27H27FN4O3. The van der Waals surface area contributed by atoms with Crippen LogP contribution in [0.25, 0.3) is 27.8 Å². The van der Waals surface area contributed by atoms with Crippen molar-refractivity contribution in [1.82, 2.24) is 19.8 Å². The maximum atomic E-state index is 13.7. The van der Waals surface area contributed by atoms with E-state index >= 15 is 0 Å². The molecule has 0 aliphatic carbocycles. The van der Waals surface area contributed by atoms with Crippen LogP contribution in [-0.4, -0.2) is 53.8 Å². The Labute approximate surface area is 202 Å². The Morgan fingerprint density at radius 3 is 2.54 bits per heavy atom. The zero-order valence-electron chi connectivity index (χ0n) is 19.5. The summed E-state index contributed by atoms with van der Waals surface area (Å²) < 4.78 is 27.3. The molecule has 2 aliphatic rings. The van der Waals surface area contributed by atoms with Crippen molar-refractivity contribution in [2.24, 2.45) is 0 Å². The van der Waals surface area contributed by atoms with Gasteiger partial charge in [-0.05, 0) is 48.9 Å². The van der Waals surface area contributed by atoms with Crippen LogP contribution in [-0.2, 0) is 0 Å². The zero-order chi connectivity index (χ0) is 23.9. The van der Waals surface area contributed by atoms with Gasteiger partial charge < -0.3 is 19.8 Å². The summed E-state index contributed by atoms with van der Waals surface area (Å²) in [7, 11) is 0. The van der Waals surface area contributed by atoms with Crippen LogP contribution in [0.2, 0.25) is 0 Å². The highest BCUT2D eigenvalue weighted by molar-refractivity contribution is 5.97. The van der Waals surface area contributed by atoms with Gasteiger partial charge in [0.15, 0.2) is 11.5 Å². The van der Waals surface area contributed by atoms with Gasteiger partial charge >= 0.3 is 5.69 Å². The number of nitrogens with one attached hydrogen (secondary N) is 2. The Bertz CT molecular complexity index is 1440. The van der Waals surface area contributed by atoms with E-state index in [4.69, 9.17) is 9.47 Å². The van der Waals surface area contributed by atoms with E-state index < -0.39 is 0 Å². The summed E-state index contributed by atoms with van der Waals surface area (Å²) in [5.41, 5.74) is 4.65. The second-order valence-electron chi connectivity index (χ2n) is 8.96. The first-order valence-electron chi connectivity index (χ1n) is 12.0. The molecule has 2 aliphatic heterocycles. The number of rotatable bonds is 4. The topological polar surface area (TPSA) is 71.5 Å². The number of para-hydroxylation sites is 1. The summed E-state index contributed by atoms with van der Waals surface area (Å²) >= 11 is 0. The van der Waals surface area contributed by atoms with Gasteiger partial charge in [0.1, 0.15) is 19.0 Å². The van der Waals surface area contributed by atoms with E-state index in [1.54, 1.807) is 16.7 Å². The van der Waals surface area contributed by atoms with Crippen molar-refractivity contribution in [3.05, 3.63) is 76.5 Å². The molecule has 3 aromatic carbocycles. The summed E-state index contributed by atoms with van der Waals surface area (Å²) in [4.78, 5) is 18.7. The fourth-order valence-electron chi connectivity index (χ4n) is 5.22. The molecule has 4 aromatic rings. The number of nitrogens with zero attached hydrogens (tertiary/aromatic N) is 2. The van der Waals surface area contributed by atoms with Crippen molar-refractivity contribution < 1.29 is 13.9 Å². The Morgan fingerprint density at radius 2 is 1.74 bits per heavy atom. The lowest BCUT2D eigenvalue weighted by Crippen LogP contribution is -2.44. The number of hydrogen-bond donors (Lipinski definition) is 2. The van der Waals surface area contributed by atoms with Crippen molar-refractivity contribution in [3.63, 3.8) is 0 Å². The van der Waals surface area contributed by atoms with Crippen LogP contribution in [0.1, 0.15) is 18.5 Å². The van der Waals surface area contributed by atoms with Crippen LogP contribution >= 0.6 is 0 Å². The number of imidazole rings is 1. The average Bonchev–Trinajstić information content (AvgIpc) is 3.24. The lowest BCUT2D eigenvalue weighted by atomic mass is 9.92. The van der Waals surface area contributed by atoms with Crippen molar-refractivity contribution in [2.45, 2.75) is 13.0 Å². The molecule has 0 spiro atoms. The molecule has 0 amide bonds. The van der Waals surface area contributed by atoms with Crippen LogP contribution in [0.4, 0.5) is 4.39 Å². The number of halogens is 1. The fraction of sp³-hybridized carbons (Fsp3) is 0.296. The highest BCUT2D eigenvalue weighted by atomic mass is 19.1. The molecule has 0 radical (unpaired) electrons. The maximum absolute atomic E-state index is 13.7. The van der Waals surface area contributed by atoms with Crippen molar-refractivity contribution in [3.8, 4) is 28.3 Å². The monoisotopic (exact) mass is 474 g/mol. The minimum atomic E-state index is -0.349. The summed E-state index contributed by atoms with van der Waals surface area (Å²) in [5.74, 6) is 1.02. The minimum absolute atomic E-state index is 0.100. The second kappa shape index (κ2) is 8.87. The largest absolute Gasteiger partial charge is 0.486 e. The first-order valence-corrected chi connectivity index (χ1v) is 12.0. The number of ether oxygens (including phenoxy) is 2. The molecule has 1 atom stereocenters. The first kappa shape index (κ1) is 21.9. The number of fused-ring (bicyclic) bond motifs is 2. The van der Waals surface area contributed by atoms with Crippen LogP contribution in [0.15, 0.2) is 59.4 Å². The van der Waals surface area contributed by atoms with E-state index in [2.05, 4.69) is 28.2 Å². The van der Waals surface area contributed by atoms with E-state index in [1.807, 2.05) is 24.3 Å². The number of piperazine rings is 1. The van der Waals surface area contributed by atoms with E-state index in [0.29, 0.717) is 35.9 Å². The van der Waals surface area contributed by atoms with Gasteiger partial charge in [0.25, 0.3) is 0 Å². The highest BCUT2D eigenvalue weighted by Crippen LogP contribution is 2.45. The Balaban J connectivity index is 1.66. The van der Waals surface area contributed by atoms with E-state index in [9.17, 15) is 9.18 Å². The van der Waals surface area contributed by atoms with E-state index in [1.165, 1.54) is 12.1 Å². The molecule has 6 rings (SSSR count). The average molecular weight is 475 g/mol. The second-order valence-corrected chi connectivity index (χ2v) is 8.96. The molecular weight excluding hydrogens is 447 g/mol. The first-order chi connectivity index (χ1) is 17.1. The molecule has 7 nitrogen and oxygen atoms in total. The standard InChI is InChI=1S/C27H27FN4O3/c1-17(31-13-11-29-12-14-31)20-9-10-22-25(32(27(33)30-22)19-7-5-18(28)6-8-19)24(20)21-3-2-4-23-26(21)35-16-15-34-23/h2-10,17,29H,11-16H2,1H3,(H,30,33). The number of H-pyrrole nitrogens is 1. The van der Waals surface area contributed by atoms with Gasteiger partial charge in [-0.3, -0.25) is 9.47 Å². The molecule has 1 saturated heterocycles. The quantitative estimate of drug-likeness (QED) is 0.470. The van der Waals surface area contributed by atoms with E-state index in [-0.39, 0.29) is 17.5 Å². The van der Waals surface area contributed by atoms with Crippen molar-refractivity contribution >= 4 is 11.0 Å². The molecule has 35 heavy (non-hydrogen) atoms. The maximum Gasteiger partial charge on any atom is 0.331 e. The minimum Gasteiger partial charge on any atom is -0.486 e. The van der Waals surface area contributed by atoms with Crippen LogP contribution in [0, 0.1) is 5.82 Å². The van der Waals surface area contributed by atoms with Crippen LogP contribution in [0.3, 0.4) is 0 Å². The highest BCUT2D eigenvalue weighted by Gasteiger charge is 2.28. The number of aromatic amines is 1. The Morgan fingerprint density at radius 1 is 0.971 bits per heavy atom. The van der Waals surface area contributed by atoms with Gasteiger partial charge in [-0.1, -0.05) is 18.2 Å². The zero-order valence-corrected chi connectivity index (χ0v) is 19.5. The molecule has 1 unspecified atom stereocenters. The predicted octanol–water partition coefficient (Wildman–Crippen LogP) is 3.86. The molecule has 180 valence electrons. The molecule has 1 aromatic heterocycles. The molecule has 2 N–H and O–H groups in total. The normalized spacial score (nSPS) is 17.0. The van der Waals surface area contributed by atoms with Gasteiger partial charge in [0.2, 0.25) is 0 Å². The lowest BCUT2D eigenvalue weighted by Gasteiger charge is -2.34. The predicted molar refractivity (Wildman–Crippen MR) is 133 cm³/mol. The van der Waals surface area contributed by atoms with Gasteiger partial charge in [0, 0.05) is 43.3 Å². The molecule has 0 saturated carbocycles. The third kappa shape index (κ3) is 3.79. The van der Waals surface area contributed by atoms with E-state index in [0.717, 1.165) is 48.4 Å². The third-order valence-corrected chi connectivity index (χ3v) is 6.95. The van der Waals surface area contributed by atoms with Crippen LogP contribution < -0.4 is 20.5 Å². The Kier molecular flexibility index (Phi) is 5.54. The van der Waals surface area contributed by atoms with Gasteiger partial charge in [-0.15, -0.1) is 0 Å². The third-order valence-electron chi connectivity index (χ3n) is 6.95. The number of benzene rings is 3. The smallest absolute Gasteiger partial charge is 0.331 e. The fourth-order valence-corrected chi connectivity index (χ4v) is 5.22. The van der Waals surface area contributed by atoms with Crippen molar-refractivity contribution in [2.75, 3.05) is 39.4 Å². The lowest BCUT2D eigenvalue weighted by molar-refractivity contribution is 0.172. The Hall–Kier alpha value is -3.62. The molecule has 0 bridgehead atoms. The molecule has 8 heteroatoms. The SMILES string of the molecule is CC(c1ccc2[nH]c(=O)n(-c3ccc(F)cc3)c2c1-c1cccc2c1OCCO2)N1CCNCC1. The summed E-state index contributed by atoms with van der Waals surface area (Å²) in [6.45, 7) is 6.89. The summed E-state index contributed by atoms with van der Waals surface area (Å²) in [6.07, 6.45) is 0. The number of aromatic nitrogens is 2. The van der Waals surface area contributed by atoms with Gasteiger partial charge in [-0.25, -0.2) is 9.18 Å². The van der Waals surface area contributed by atoms with Gasteiger partial charge in [0.05, 0.1) is 16.7 Å². The van der Waals surface area contributed by atoms with Crippen LogP contribution in [0.5, 0.6) is 11.5 Å². The van der Waals surface area contributed by atoms with Crippen molar-refractivity contribution in [1.29, 1.82) is 0 Å². The summed E-state index contributed by atoms with van der Waals surface area (Å²) in [5, 5.41) is 3.42. The summed E-state index contributed by atoms with van der Waals surface area (Å²) in [6, 6.07) is 16.0. The van der Waals surface area contributed by atoms with Gasteiger partial charge in [-0.2, -0.15) is 0 Å². The number of hydrogen-bond acceptors (Lipinski definition) is 5.